The van der Waals surface area contributed by atoms with Crippen LogP contribution in [0.2, 0.25) is 0 Å². The first kappa shape index (κ1) is 12.9. The Morgan fingerprint density at radius 3 is 3.00 bits per heavy atom. The molecule has 1 atom stereocenters. The summed E-state index contributed by atoms with van der Waals surface area (Å²) in [5.74, 6) is -0.980. The van der Waals surface area contributed by atoms with E-state index in [4.69, 9.17) is 0 Å². The third-order valence-electron chi connectivity index (χ3n) is 3.72. The van der Waals surface area contributed by atoms with Gasteiger partial charge in [-0.3, -0.25) is 4.40 Å². The van der Waals surface area contributed by atoms with Gasteiger partial charge in [0.25, 0.3) is 0 Å². The number of rotatable bonds is 3. The van der Waals surface area contributed by atoms with Crippen LogP contribution in [-0.4, -0.2) is 39.7 Å². The van der Waals surface area contributed by atoms with Crippen molar-refractivity contribution in [3.63, 3.8) is 0 Å². The van der Waals surface area contributed by atoms with E-state index in [-0.39, 0.29) is 5.69 Å². The number of carboxylic acid groups (broad SMARTS) is 1. The number of alkyl halides is 1. The maximum Gasteiger partial charge on any atom is 0.354 e. The molecule has 0 radical (unpaired) electrons. The molecule has 1 aliphatic rings. The zero-order valence-corrected chi connectivity index (χ0v) is 11.2. The third-order valence-corrected chi connectivity index (χ3v) is 3.72. The van der Waals surface area contributed by atoms with Gasteiger partial charge in [0.1, 0.15) is 11.8 Å². The Morgan fingerprint density at radius 2 is 2.40 bits per heavy atom. The zero-order valence-electron chi connectivity index (χ0n) is 11.2. The molecule has 0 spiro atoms. The van der Waals surface area contributed by atoms with Gasteiger partial charge in [0.15, 0.2) is 5.69 Å². The van der Waals surface area contributed by atoms with Crippen LogP contribution < -0.4 is 4.90 Å². The van der Waals surface area contributed by atoms with Gasteiger partial charge < -0.3 is 10.0 Å². The number of anilines is 1. The molecule has 106 valence electrons. The molecule has 1 N–H and O–H groups in total. The van der Waals surface area contributed by atoms with Crippen LogP contribution in [0.4, 0.5) is 10.1 Å². The number of hydrogen-bond donors (Lipinski definition) is 1. The van der Waals surface area contributed by atoms with Gasteiger partial charge in [-0.2, -0.15) is 0 Å². The van der Waals surface area contributed by atoms with Gasteiger partial charge in [-0.1, -0.05) is 6.92 Å². The molecular formula is C14H16FN3O2. The maximum absolute atomic E-state index is 13.3. The SMILES string of the molecule is CCc1nc2cc(N3CC[C@@H](F)C3)ccn2c1C(=O)O. The number of aromatic carboxylic acids is 1. The van der Waals surface area contributed by atoms with Crippen LogP contribution in [0, 0.1) is 0 Å². The molecule has 5 nitrogen and oxygen atoms in total. The fourth-order valence-electron chi connectivity index (χ4n) is 2.70. The van der Waals surface area contributed by atoms with Crippen molar-refractivity contribution in [3.8, 4) is 0 Å². The Labute approximate surface area is 115 Å². The van der Waals surface area contributed by atoms with E-state index in [0.29, 0.717) is 37.3 Å². The largest absolute Gasteiger partial charge is 0.477 e. The summed E-state index contributed by atoms with van der Waals surface area (Å²) in [6.07, 6.45) is 2.02. The highest BCUT2D eigenvalue weighted by Gasteiger charge is 2.23. The summed E-state index contributed by atoms with van der Waals surface area (Å²) >= 11 is 0. The summed E-state index contributed by atoms with van der Waals surface area (Å²) in [4.78, 5) is 17.6. The fourth-order valence-corrected chi connectivity index (χ4v) is 2.70. The predicted molar refractivity (Wildman–Crippen MR) is 73.3 cm³/mol. The molecule has 3 rings (SSSR count). The molecule has 0 amide bonds. The summed E-state index contributed by atoms with van der Waals surface area (Å²) in [5, 5.41) is 9.28. The molecule has 1 fully saturated rings. The standard InChI is InChI=1S/C14H16FN3O2/c1-2-11-13(14(19)20)18-6-4-10(7-12(18)16-11)17-5-3-9(15)8-17/h4,6-7,9H,2-3,5,8H2,1H3,(H,19,20)/t9-/m1/s1. The highest BCUT2D eigenvalue weighted by atomic mass is 19.1. The predicted octanol–water partition coefficient (Wildman–Crippen LogP) is 2.14. The first-order chi connectivity index (χ1) is 9.60. The maximum atomic E-state index is 13.3. The number of halogens is 1. The highest BCUT2D eigenvalue weighted by molar-refractivity contribution is 5.88. The topological polar surface area (TPSA) is 57.8 Å². The van der Waals surface area contributed by atoms with Crippen molar-refractivity contribution in [3.05, 3.63) is 29.7 Å². The first-order valence-corrected chi connectivity index (χ1v) is 6.73. The number of aryl methyl sites for hydroxylation is 1. The van der Waals surface area contributed by atoms with Crippen LogP contribution >= 0.6 is 0 Å². The number of imidazole rings is 1. The van der Waals surface area contributed by atoms with Crippen molar-refractivity contribution >= 4 is 17.3 Å². The summed E-state index contributed by atoms with van der Waals surface area (Å²) in [7, 11) is 0. The van der Waals surface area contributed by atoms with Gasteiger partial charge in [0.2, 0.25) is 0 Å². The van der Waals surface area contributed by atoms with Gasteiger partial charge in [-0.05, 0) is 18.9 Å². The third kappa shape index (κ3) is 2.01. The van der Waals surface area contributed by atoms with E-state index in [1.165, 1.54) is 0 Å². The van der Waals surface area contributed by atoms with E-state index in [9.17, 15) is 14.3 Å². The number of nitrogens with zero attached hydrogens (tertiary/aromatic N) is 3. The van der Waals surface area contributed by atoms with E-state index in [1.807, 2.05) is 24.0 Å². The number of pyridine rings is 1. The number of hydrogen-bond acceptors (Lipinski definition) is 3. The summed E-state index contributed by atoms with van der Waals surface area (Å²) in [6, 6.07) is 3.64. The zero-order chi connectivity index (χ0) is 14.3. The van der Waals surface area contributed by atoms with Crippen LogP contribution in [-0.2, 0) is 6.42 Å². The van der Waals surface area contributed by atoms with Crippen LogP contribution in [0.25, 0.3) is 5.65 Å². The molecule has 0 aromatic carbocycles. The van der Waals surface area contributed by atoms with Crippen LogP contribution in [0.5, 0.6) is 0 Å². The van der Waals surface area contributed by atoms with Crippen molar-refractivity contribution in [1.29, 1.82) is 0 Å². The van der Waals surface area contributed by atoms with Gasteiger partial charge >= 0.3 is 5.97 Å². The summed E-state index contributed by atoms with van der Waals surface area (Å²) in [6.45, 7) is 2.96. The van der Waals surface area contributed by atoms with Crippen molar-refractivity contribution in [1.82, 2.24) is 9.38 Å². The lowest BCUT2D eigenvalue weighted by molar-refractivity contribution is 0.0688. The molecule has 3 heterocycles. The average Bonchev–Trinajstić information content (AvgIpc) is 3.00. The van der Waals surface area contributed by atoms with Crippen LogP contribution in [0.15, 0.2) is 18.3 Å². The Balaban J connectivity index is 2.06. The molecule has 0 bridgehead atoms. The number of fused-ring (bicyclic) bond motifs is 1. The van der Waals surface area contributed by atoms with Crippen molar-refractivity contribution in [2.24, 2.45) is 0 Å². The van der Waals surface area contributed by atoms with Crippen molar-refractivity contribution < 1.29 is 14.3 Å². The molecule has 0 unspecified atom stereocenters. The quantitative estimate of drug-likeness (QED) is 0.934. The average molecular weight is 277 g/mol. The Morgan fingerprint density at radius 1 is 1.60 bits per heavy atom. The summed E-state index contributed by atoms with van der Waals surface area (Å²) in [5.41, 5.74) is 2.26. The molecule has 0 aliphatic carbocycles. The Bertz CT molecular complexity index is 668. The molecule has 0 saturated carbocycles. The number of aromatic nitrogens is 2. The highest BCUT2D eigenvalue weighted by Crippen LogP contribution is 2.24. The lowest BCUT2D eigenvalue weighted by Crippen LogP contribution is -2.20. The minimum Gasteiger partial charge on any atom is -0.477 e. The second-order valence-corrected chi connectivity index (χ2v) is 5.01. The van der Waals surface area contributed by atoms with Crippen LogP contribution in [0.1, 0.15) is 29.5 Å². The molecule has 2 aromatic heterocycles. The second-order valence-electron chi connectivity index (χ2n) is 5.01. The minimum absolute atomic E-state index is 0.207. The van der Waals surface area contributed by atoms with Gasteiger partial charge in [-0.15, -0.1) is 0 Å². The number of carboxylic acids is 1. The molecular weight excluding hydrogens is 261 g/mol. The normalized spacial score (nSPS) is 18.9. The monoisotopic (exact) mass is 277 g/mol. The lowest BCUT2D eigenvalue weighted by atomic mass is 10.2. The van der Waals surface area contributed by atoms with E-state index in [0.717, 1.165) is 5.69 Å². The fraction of sp³-hybridized carbons (Fsp3) is 0.429. The van der Waals surface area contributed by atoms with Gasteiger partial charge in [0.05, 0.1) is 5.69 Å². The van der Waals surface area contributed by atoms with E-state index >= 15 is 0 Å². The van der Waals surface area contributed by atoms with Crippen molar-refractivity contribution in [2.75, 3.05) is 18.0 Å². The molecule has 1 aliphatic heterocycles. The van der Waals surface area contributed by atoms with E-state index in [1.54, 1.807) is 10.6 Å². The first-order valence-electron chi connectivity index (χ1n) is 6.73. The van der Waals surface area contributed by atoms with E-state index in [2.05, 4.69) is 4.98 Å². The smallest absolute Gasteiger partial charge is 0.354 e. The molecule has 1 saturated heterocycles. The molecule has 6 heteroatoms. The minimum atomic E-state index is -0.980. The van der Waals surface area contributed by atoms with E-state index < -0.39 is 12.1 Å². The molecule has 20 heavy (non-hydrogen) atoms. The second kappa shape index (κ2) is 4.77. The van der Waals surface area contributed by atoms with Gasteiger partial charge in [0, 0.05) is 31.0 Å². The summed E-state index contributed by atoms with van der Waals surface area (Å²) < 4.78 is 14.8. The lowest BCUT2D eigenvalue weighted by Gasteiger charge is -2.17. The Kier molecular flexibility index (Phi) is 3.08. The van der Waals surface area contributed by atoms with Gasteiger partial charge in [-0.25, -0.2) is 14.2 Å². The van der Waals surface area contributed by atoms with Crippen molar-refractivity contribution in [2.45, 2.75) is 25.9 Å². The molecule has 2 aromatic rings. The van der Waals surface area contributed by atoms with Crippen LogP contribution in [0.3, 0.4) is 0 Å². The number of carbonyl (C=O) groups is 1. The Hall–Kier alpha value is -2.11.